The summed E-state index contributed by atoms with van der Waals surface area (Å²) >= 11 is 0. The van der Waals surface area contributed by atoms with E-state index in [0.717, 1.165) is 6.42 Å². The molecule has 0 fully saturated rings. The van der Waals surface area contributed by atoms with Gasteiger partial charge in [-0.3, -0.25) is 4.98 Å². The Kier molecular flexibility index (Phi) is 3.32. The SMILES string of the molecule is Cc1ccc(CN)c(Cc2cccnc2)c1. The first-order valence-electron chi connectivity index (χ1n) is 5.47. The Balaban J connectivity index is 2.30. The van der Waals surface area contributed by atoms with Gasteiger partial charge >= 0.3 is 0 Å². The number of aromatic nitrogens is 1. The third-order valence-electron chi connectivity index (χ3n) is 2.70. The van der Waals surface area contributed by atoms with Crippen molar-refractivity contribution >= 4 is 0 Å². The van der Waals surface area contributed by atoms with Crippen LogP contribution in [0.1, 0.15) is 22.3 Å². The van der Waals surface area contributed by atoms with Gasteiger partial charge in [-0.2, -0.15) is 0 Å². The van der Waals surface area contributed by atoms with E-state index in [1.165, 1.54) is 22.3 Å². The summed E-state index contributed by atoms with van der Waals surface area (Å²) in [6.45, 7) is 2.70. The third kappa shape index (κ3) is 2.47. The number of nitrogens with two attached hydrogens (primary N) is 1. The van der Waals surface area contributed by atoms with Crippen LogP contribution in [0.4, 0.5) is 0 Å². The molecule has 1 aromatic heterocycles. The molecule has 0 amide bonds. The van der Waals surface area contributed by atoms with Gasteiger partial charge in [0.1, 0.15) is 0 Å². The minimum atomic E-state index is 0.593. The molecule has 0 bridgehead atoms. The van der Waals surface area contributed by atoms with Gasteiger partial charge in [0.2, 0.25) is 0 Å². The summed E-state index contributed by atoms with van der Waals surface area (Å²) in [4.78, 5) is 4.13. The number of benzene rings is 1. The summed E-state index contributed by atoms with van der Waals surface area (Å²) in [6.07, 6.45) is 4.61. The lowest BCUT2D eigenvalue weighted by molar-refractivity contribution is 1.01. The fourth-order valence-corrected chi connectivity index (χ4v) is 1.84. The van der Waals surface area contributed by atoms with Gasteiger partial charge in [0.05, 0.1) is 0 Å². The molecule has 0 saturated heterocycles. The van der Waals surface area contributed by atoms with Crippen LogP contribution in [0.3, 0.4) is 0 Å². The van der Waals surface area contributed by atoms with Crippen molar-refractivity contribution in [1.82, 2.24) is 4.98 Å². The number of nitrogens with zero attached hydrogens (tertiary/aromatic N) is 1. The van der Waals surface area contributed by atoms with Crippen molar-refractivity contribution in [3.05, 3.63) is 65.0 Å². The fraction of sp³-hybridized carbons (Fsp3) is 0.214. The van der Waals surface area contributed by atoms with Crippen molar-refractivity contribution in [2.75, 3.05) is 0 Å². The van der Waals surface area contributed by atoms with Crippen LogP contribution in [0.5, 0.6) is 0 Å². The largest absolute Gasteiger partial charge is 0.326 e. The maximum Gasteiger partial charge on any atom is 0.0303 e. The minimum absolute atomic E-state index is 0.593. The van der Waals surface area contributed by atoms with Gasteiger partial charge in [-0.1, -0.05) is 29.8 Å². The normalized spacial score (nSPS) is 10.4. The van der Waals surface area contributed by atoms with Gasteiger partial charge in [0.25, 0.3) is 0 Å². The van der Waals surface area contributed by atoms with E-state index in [1.54, 1.807) is 6.20 Å². The third-order valence-corrected chi connectivity index (χ3v) is 2.70. The molecule has 2 nitrogen and oxygen atoms in total. The summed E-state index contributed by atoms with van der Waals surface area (Å²) in [5.41, 5.74) is 10.8. The van der Waals surface area contributed by atoms with Gasteiger partial charge in [0.15, 0.2) is 0 Å². The quantitative estimate of drug-likeness (QED) is 0.848. The number of pyridine rings is 1. The lowest BCUT2D eigenvalue weighted by Gasteiger charge is -2.08. The second-order valence-electron chi connectivity index (χ2n) is 4.01. The second-order valence-corrected chi connectivity index (χ2v) is 4.01. The van der Waals surface area contributed by atoms with Crippen molar-refractivity contribution < 1.29 is 0 Å². The highest BCUT2D eigenvalue weighted by Gasteiger charge is 2.02. The van der Waals surface area contributed by atoms with Gasteiger partial charge in [0, 0.05) is 18.9 Å². The van der Waals surface area contributed by atoms with E-state index in [0.29, 0.717) is 6.54 Å². The predicted octanol–water partition coefficient (Wildman–Crippen LogP) is 2.44. The summed E-state index contributed by atoms with van der Waals surface area (Å²) in [6, 6.07) is 10.5. The highest BCUT2D eigenvalue weighted by atomic mass is 14.6. The van der Waals surface area contributed by atoms with Gasteiger partial charge in [-0.25, -0.2) is 0 Å². The number of rotatable bonds is 3. The number of aryl methyl sites for hydroxylation is 1. The zero-order valence-corrected chi connectivity index (χ0v) is 9.48. The van der Waals surface area contributed by atoms with Crippen LogP contribution in [0.15, 0.2) is 42.7 Å². The zero-order chi connectivity index (χ0) is 11.4. The van der Waals surface area contributed by atoms with Crippen LogP contribution in [0, 0.1) is 6.92 Å². The fourth-order valence-electron chi connectivity index (χ4n) is 1.84. The highest BCUT2D eigenvalue weighted by Crippen LogP contribution is 2.15. The molecule has 0 radical (unpaired) electrons. The monoisotopic (exact) mass is 212 g/mol. The molecule has 2 aromatic rings. The van der Waals surface area contributed by atoms with E-state index in [1.807, 2.05) is 12.3 Å². The Morgan fingerprint density at radius 2 is 2.06 bits per heavy atom. The lowest BCUT2D eigenvalue weighted by Crippen LogP contribution is -2.02. The number of hydrogen-bond acceptors (Lipinski definition) is 2. The molecule has 1 aromatic carbocycles. The van der Waals surface area contributed by atoms with Crippen molar-refractivity contribution in [1.29, 1.82) is 0 Å². The topological polar surface area (TPSA) is 38.9 Å². The van der Waals surface area contributed by atoms with E-state index < -0.39 is 0 Å². The summed E-state index contributed by atoms with van der Waals surface area (Å²) in [5.74, 6) is 0. The summed E-state index contributed by atoms with van der Waals surface area (Å²) in [5, 5.41) is 0. The second kappa shape index (κ2) is 4.90. The molecule has 2 heteroatoms. The van der Waals surface area contributed by atoms with Crippen LogP contribution in [0.25, 0.3) is 0 Å². The molecular formula is C14H16N2. The maximum absolute atomic E-state index is 5.74. The predicted molar refractivity (Wildman–Crippen MR) is 66.1 cm³/mol. The molecule has 0 atom stereocenters. The van der Waals surface area contributed by atoms with E-state index in [9.17, 15) is 0 Å². The van der Waals surface area contributed by atoms with E-state index in [-0.39, 0.29) is 0 Å². The standard InChI is InChI=1S/C14H16N2/c1-11-4-5-13(9-15)14(7-11)8-12-3-2-6-16-10-12/h2-7,10H,8-9,15H2,1H3. The van der Waals surface area contributed by atoms with Crippen molar-refractivity contribution in [2.24, 2.45) is 5.73 Å². The molecule has 82 valence electrons. The van der Waals surface area contributed by atoms with Gasteiger partial charge in [-0.15, -0.1) is 0 Å². The van der Waals surface area contributed by atoms with Gasteiger partial charge in [-0.05, 0) is 36.1 Å². The average molecular weight is 212 g/mol. The molecule has 0 aliphatic heterocycles. The Labute approximate surface area is 96.1 Å². The first kappa shape index (κ1) is 10.8. The average Bonchev–Trinajstić information content (AvgIpc) is 2.31. The first-order valence-corrected chi connectivity index (χ1v) is 5.47. The molecule has 0 spiro atoms. The molecule has 1 heterocycles. The Morgan fingerprint density at radius 1 is 1.19 bits per heavy atom. The van der Waals surface area contributed by atoms with E-state index >= 15 is 0 Å². The Hall–Kier alpha value is -1.67. The van der Waals surface area contributed by atoms with Crippen molar-refractivity contribution in [3.63, 3.8) is 0 Å². The molecule has 2 rings (SSSR count). The maximum atomic E-state index is 5.74. The molecule has 0 aliphatic rings. The molecule has 0 saturated carbocycles. The van der Waals surface area contributed by atoms with Crippen LogP contribution in [-0.2, 0) is 13.0 Å². The zero-order valence-electron chi connectivity index (χ0n) is 9.48. The molecule has 16 heavy (non-hydrogen) atoms. The van der Waals surface area contributed by atoms with Crippen LogP contribution >= 0.6 is 0 Å². The Bertz CT molecular complexity index is 463. The summed E-state index contributed by atoms with van der Waals surface area (Å²) in [7, 11) is 0. The van der Waals surface area contributed by atoms with Crippen LogP contribution in [0.2, 0.25) is 0 Å². The molecular weight excluding hydrogens is 196 g/mol. The molecule has 0 unspecified atom stereocenters. The lowest BCUT2D eigenvalue weighted by atomic mass is 9.99. The van der Waals surface area contributed by atoms with Gasteiger partial charge < -0.3 is 5.73 Å². The van der Waals surface area contributed by atoms with Crippen molar-refractivity contribution in [3.8, 4) is 0 Å². The number of hydrogen-bond donors (Lipinski definition) is 1. The molecule has 2 N–H and O–H groups in total. The van der Waals surface area contributed by atoms with E-state index in [2.05, 4.69) is 36.2 Å². The minimum Gasteiger partial charge on any atom is -0.326 e. The first-order chi connectivity index (χ1) is 7.79. The smallest absolute Gasteiger partial charge is 0.0303 e. The summed E-state index contributed by atoms with van der Waals surface area (Å²) < 4.78 is 0. The molecule has 0 aliphatic carbocycles. The van der Waals surface area contributed by atoms with Crippen LogP contribution in [-0.4, -0.2) is 4.98 Å². The van der Waals surface area contributed by atoms with Crippen LogP contribution < -0.4 is 5.73 Å². The van der Waals surface area contributed by atoms with E-state index in [4.69, 9.17) is 5.73 Å². The van der Waals surface area contributed by atoms with Crippen molar-refractivity contribution in [2.45, 2.75) is 19.9 Å². The Morgan fingerprint density at radius 3 is 2.75 bits per heavy atom. The highest BCUT2D eigenvalue weighted by molar-refractivity contribution is 5.35.